The number of esters is 1. The maximum atomic E-state index is 12.0. The van der Waals surface area contributed by atoms with Crippen molar-refractivity contribution in [3.05, 3.63) is 0 Å². The van der Waals surface area contributed by atoms with Gasteiger partial charge in [-0.05, 0) is 45.7 Å². The Morgan fingerprint density at radius 2 is 1.94 bits per heavy atom. The van der Waals surface area contributed by atoms with Crippen LogP contribution in [0.3, 0.4) is 0 Å². The SMILES string of the molecule is CCOC(=O)C1(C2(O)CCNCC2)CCC1. The minimum absolute atomic E-state index is 0.189. The normalized spacial score (nSPS) is 26.9. The molecule has 4 heteroatoms. The molecule has 0 unspecified atom stereocenters. The largest absolute Gasteiger partial charge is 0.465 e. The Balaban J connectivity index is 2.16. The lowest BCUT2D eigenvalue weighted by molar-refractivity contribution is -0.195. The molecule has 92 valence electrons. The van der Waals surface area contributed by atoms with Crippen LogP contribution in [-0.2, 0) is 9.53 Å². The molecule has 2 N–H and O–H groups in total. The van der Waals surface area contributed by atoms with Crippen molar-refractivity contribution >= 4 is 5.97 Å². The fourth-order valence-electron chi connectivity index (χ4n) is 2.98. The Morgan fingerprint density at radius 3 is 2.38 bits per heavy atom. The van der Waals surface area contributed by atoms with E-state index < -0.39 is 11.0 Å². The van der Waals surface area contributed by atoms with Gasteiger partial charge >= 0.3 is 5.97 Å². The van der Waals surface area contributed by atoms with Crippen molar-refractivity contribution in [2.24, 2.45) is 5.41 Å². The smallest absolute Gasteiger partial charge is 0.314 e. The maximum absolute atomic E-state index is 12.0. The Labute approximate surface area is 96.4 Å². The van der Waals surface area contributed by atoms with Crippen LogP contribution in [0.5, 0.6) is 0 Å². The molecule has 1 saturated heterocycles. The molecule has 0 aromatic rings. The van der Waals surface area contributed by atoms with Gasteiger partial charge in [-0.15, -0.1) is 0 Å². The predicted octanol–water partition coefficient (Wildman–Crippen LogP) is 0.834. The summed E-state index contributed by atoms with van der Waals surface area (Å²) < 4.78 is 5.15. The average molecular weight is 227 g/mol. The average Bonchev–Trinajstić information content (AvgIpc) is 2.16. The lowest BCUT2D eigenvalue weighted by atomic mass is 9.56. The summed E-state index contributed by atoms with van der Waals surface area (Å²) in [6.45, 7) is 3.79. The molecule has 2 rings (SSSR count). The first-order chi connectivity index (χ1) is 7.65. The van der Waals surface area contributed by atoms with Gasteiger partial charge in [-0.3, -0.25) is 4.79 Å². The topological polar surface area (TPSA) is 58.6 Å². The number of aliphatic hydroxyl groups is 1. The summed E-state index contributed by atoms with van der Waals surface area (Å²) in [5.41, 5.74) is -1.45. The molecule has 4 nitrogen and oxygen atoms in total. The Kier molecular flexibility index (Phi) is 3.22. The standard InChI is InChI=1S/C12H21NO3/c1-2-16-10(14)11(4-3-5-11)12(15)6-8-13-9-7-12/h13,15H,2-9H2,1H3. The van der Waals surface area contributed by atoms with Crippen LogP contribution in [0, 0.1) is 5.41 Å². The van der Waals surface area contributed by atoms with Crippen molar-refractivity contribution in [1.82, 2.24) is 5.32 Å². The van der Waals surface area contributed by atoms with Crippen LogP contribution in [-0.4, -0.2) is 36.4 Å². The zero-order valence-corrected chi connectivity index (χ0v) is 9.92. The Morgan fingerprint density at radius 1 is 1.31 bits per heavy atom. The van der Waals surface area contributed by atoms with E-state index in [0.717, 1.165) is 32.4 Å². The highest BCUT2D eigenvalue weighted by molar-refractivity contribution is 5.79. The van der Waals surface area contributed by atoms with Crippen LogP contribution in [0.25, 0.3) is 0 Å². The summed E-state index contributed by atoms with van der Waals surface area (Å²) in [6, 6.07) is 0. The van der Waals surface area contributed by atoms with E-state index in [1.165, 1.54) is 0 Å². The van der Waals surface area contributed by atoms with Gasteiger partial charge in [0.1, 0.15) is 0 Å². The van der Waals surface area contributed by atoms with Crippen molar-refractivity contribution in [1.29, 1.82) is 0 Å². The van der Waals surface area contributed by atoms with E-state index >= 15 is 0 Å². The molecule has 2 aliphatic rings. The second-order valence-electron chi connectivity index (χ2n) is 4.94. The van der Waals surface area contributed by atoms with E-state index in [9.17, 15) is 9.90 Å². The molecular weight excluding hydrogens is 206 g/mol. The highest BCUT2D eigenvalue weighted by Crippen LogP contribution is 2.53. The van der Waals surface area contributed by atoms with Gasteiger partial charge in [0.2, 0.25) is 0 Å². The minimum Gasteiger partial charge on any atom is -0.465 e. The number of piperidine rings is 1. The molecule has 0 spiro atoms. The minimum atomic E-state index is -0.844. The van der Waals surface area contributed by atoms with Crippen LogP contribution in [0.2, 0.25) is 0 Å². The Hall–Kier alpha value is -0.610. The van der Waals surface area contributed by atoms with Gasteiger partial charge in [-0.1, -0.05) is 6.42 Å². The first-order valence-corrected chi connectivity index (χ1v) is 6.25. The van der Waals surface area contributed by atoms with E-state index in [4.69, 9.17) is 4.74 Å². The summed E-state index contributed by atoms with van der Waals surface area (Å²) in [4.78, 5) is 12.0. The quantitative estimate of drug-likeness (QED) is 0.701. The lowest BCUT2D eigenvalue weighted by Gasteiger charge is -2.52. The molecule has 0 radical (unpaired) electrons. The van der Waals surface area contributed by atoms with E-state index in [1.54, 1.807) is 0 Å². The van der Waals surface area contributed by atoms with Crippen LogP contribution in [0.4, 0.5) is 0 Å². The van der Waals surface area contributed by atoms with E-state index in [1.807, 2.05) is 6.92 Å². The summed E-state index contributed by atoms with van der Waals surface area (Å²) in [5, 5.41) is 13.9. The first kappa shape index (κ1) is 11.9. The molecule has 16 heavy (non-hydrogen) atoms. The second kappa shape index (κ2) is 4.34. The summed E-state index contributed by atoms with van der Waals surface area (Å²) >= 11 is 0. The first-order valence-electron chi connectivity index (χ1n) is 6.25. The third kappa shape index (κ3) is 1.64. The van der Waals surface area contributed by atoms with Gasteiger partial charge in [0.15, 0.2) is 0 Å². The van der Waals surface area contributed by atoms with E-state index in [2.05, 4.69) is 5.32 Å². The van der Waals surface area contributed by atoms with E-state index in [0.29, 0.717) is 19.4 Å². The monoisotopic (exact) mass is 227 g/mol. The zero-order chi connectivity index (χ0) is 11.6. The van der Waals surface area contributed by atoms with Gasteiger partial charge < -0.3 is 15.2 Å². The molecule has 1 heterocycles. The third-order valence-corrected chi connectivity index (χ3v) is 4.19. The summed E-state index contributed by atoms with van der Waals surface area (Å²) in [6.07, 6.45) is 3.90. The molecule has 0 aromatic carbocycles. The predicted molar refractivity (Wildman–Crippen MR) is 60.0 cm³/mol. The van der Waals surface area contributed by atoms with Crippen LogP contribution in [0.15, 0.2) is 0 Å². The number of ether oxygens (including phenoxy) is 1. The van der Waals surface area contributed by atoms with Gasteiger partial charge in [0, 0.05) is 0 Å². The molecule has 0 amide bonds. The molecule has 0 bridgehead atoms. The van der Waals surface area contributed by atoms with Gasteiger partial charge in [0.25, 0.3) is 0 Å². The van der Waals surface area contributed by atoms with Gasteiger partial charge in [-0.25, -0.2) is 0 Å². The van der Waals surface area contributed by atoms with Crippen LogP contribution >= 0.6 is 0 Å². The molecule has 1 aliphatic heterocycles. The number of carbonyl (C=O) groups excluding carboxylic acids is 1. The van der Waals surface area contributed by atoms with Crippen molar-refractivity contribution in [2.45, 2.75) is 44.6 Å². The Bertz CT molecular complexity index is 267. The zero-order valence-electron chi connectivity index (χ0n) is 9.92. The summed E-state index contributed by atoms with van der Waals surface area (Å²) in [5.74, 6) is -0.189. The molecule has 0 aromatic heterocycles. The van der Waals surface area contributed by atoms with Crippen molar-refractivity contribution in [3.63, 3.8) is 0 Å². The number of hydrogen-bond donors (Lipinski definition) is 2. The number of rotatable bonds is 3. The van der Waals surface area contributed by atoms with Crippen molar-refractivity contribution < 1.29 is 14.6 Å². The van der Waals surface area contributed by atoms with Gasteiger partial charge in [0.05, 0.1) is 17.6 Å². The molecule has 1 saturated carbocycles. The van der Waals surface area contributed by atoms with Crippen LogP contribution in [0.1, 0.15) is 39.0 Å². The third-order valence-electron chi connectivity index (χ3n) is 4.19. The number of carbonyl (C=O) groups is 1. The van der Waals surface area contributed by atoms with Crippen LogP contribution < -0.4 is 5.32 Å². The van der Waals surface area contributed by atoms with Crippen molar-refractivity contribution in [2.75, 3.05) is 19.7 Å². The molecular formula is C12H21NO3. The lowest BCUT2D eigenvalue weighted by Crippen LogP contribution is -2.61. The fourth-order valence-corrected chi connectivity index (χ4v) is 2.98. The van der Waals surface area contributed by atoms with E-state index in [-0.39, 0.29) is 5.97 Å². The summed E-state index contributed by atoms with van der Waals surface area (Å²) in [7, 11) is 0. The number of hydrogen-bond acceptors (Lipinski definition) is 4. The second-order valence-corrected chi connectivity index (χ2v) is 4.94. The number of nitrogens with one attached hydrogen (secondary N) is 1. The molecule has 1 aliphatic carbocycles. The van der Waals surface area contributed by atoms with Crippen molar-refractivity contribution in [3.8, 4) is 0 Å². The molecule has 2 fully saturated rings. The molecule has 0 atom stereocenters. The maximum Gasteiger partial charge on any atom is 0.314 e. The highest BCUT2D eigenvalue weighted by Gasteiger charge is 2.59. The fraction of sp³-hybridized carbons (Fsp3) is 0.917. The highest BCUT2D eigenvalue weighted by atomic mass is 16.5. The van der Waals surface area contributed by atoms with Gasteiger partial charge in [-0.2, -0.15) is 0 Å².